The monoisotopic (exact) mass is 958 g/mol. The number of piperazine rings is 1. The molecule has 1 amide bonds. The largest absolute Gasteiger partial charge is 0.489 e. The van der Waals surface area contributed by atoms with Crippen LogP contribution in [0.15, 0.2) is 89.6 Å². The van der Waals surface area contributed by atoms with Crippen LogP contribution in [0.25, 0.3) is 16.6 Å². The van der Waals surface area contributed by atoms with Crippen molar-refractivity contribution >= 4 is 71.0 Å². The van der Waals surface area contributed by atoms with Crippen LogP contribution in [0.4, 0.5) is 17.1 Å². The minimum absolute atomic E-state index is 0.0101. The fraction of sp³-hybridized carbons (Fsp3) is 0.391. The number of nitrogens with one attached hydrogen (secondary N) is 3. The van der Waals surface area contributed by atoms with Gasteiger partial charge >= 0.3 is 0 Å². The lowest BCUT2D eigenvalue weighted by Gasteiger charge is -2.39. The number of fused-ring (bicyclic) bond motifs is 2. The number of halogens is 1. The molecule has 0 radical (unpaired) electrons. The third kappa shape index (κ3) is 10.1. The van der Waals surface area contributed by atoms with Gasteiger partial charge in [0.2, 0.25) is 0 Å². The number of sulfone groups is 1. The Balaban J connectivity index is 0.931. The number of anilines is 2. The Hall–Kier alpha value is -5.73. The molecule has 20 heteroatoms. The second-order valence-electron chi connectivity index (χ2n) is 18.2. The third-order valence-corrected chi connectivity index (χ3v) is 16.0. The number of allylic oxidation sites excluding steroid dienone is 1. The number of hydrogen-bond acceptors (Lipinski definition) is 14. The van der Waals surface area contributed by atoms with Crippen molar-refractivity contribution in [3.05, 3.63) is 111 Å². The highest BCUT2D eigenvalue weighted by Crippen LogP contribution is 2.44. The molecule has 3 aliphatic heterocycles. The Morgan fingerprint density at radius 1 is 1.02 bits per heavy atom. The highest BCUT2D eigenvalue weighted by atomic mass is 35.5. The number of H-pyrrole nitrogens is 1. The standard InChI is InChI=1S/C46H51ClN8O9S2/c1-46(2)11-9-32(39(25-46)30-3-5-33(47)6-4-30)27-52-13-15-54(16-14-52)35-7-8-38(41(22-35)64-36-21-31-10-12-48-44(31)49-26-36)45(56)51-66(61,62)37-23-40(55(57)58)43-42(24-37)63-29-34(50-43)28-53-17-19-65(59,60)20-18-53/h3-8,10,12,21-24,26,34,50H,9,11,13-20,25,27-29H2,1-2H3,(H,48,49)(H,51,56)/t34-/m0/s1. The van der Waals surface area contributed by atoms with Crippen LogP contribution in [-0.2, 0) is 19.9 Å². The number of rotatable bonds is 12. The van der Waals surface area contributed by atoms with Gasteiger partial charge in [-0.2, -0.15) is 0 Å². The second kappa shape index (κ2) is 18.2. The second-order valence-corrected chi connectivity index (χ2v) is 22.6. The van der Waals surface area contributed by atoms with E-state index in [-0.39, 0.29) is 46.3 Å². The maximum absolute atomic E-state index is 14.1. The van der Waals surface area contributed by atoms with Gasteiger partial charge in [0.25, 0.3) is 21.6 Å². The fourth-order valence-electron chi connectivity index (χ4n) is 9.13. The van der Waals surface area contributed by atoms with Crippen LogP contribution < -0.4 is 24.4 Å². The van der Waals surface area contributed by atoms with E-state index in [0.29, 0.717) is 49.1 Å². The number of ether oxygens (including phenoxy) is 2. The quantitative estimate of drug-likeness (QED) is 0.0876. The van der Waals surface area contributed by atoms with E-state index in [0.717, 1.165) is 62.1 Å². The van der Waals surface area contributed by atoms with Gasteiger partial charge in [-0.15, -0.1) is 0 Å². The summed E-state index contributed by atoms with van der Waals surface area (Å²) in [5.74, 6) is -0.641. The Kier molecular flexibility index (Phi) is 12.5. The highest BCUT2D eigenvalue weighted by Gasteiger charge is 2.34. The van der Waals surface area contributed by atoms with Crippen LogP contribution in [0.1, 0.15) is 49.0 Å². The number of nitrogens with zero attached hydrogens (tertiary/aromatic N) is 5. The van der Waals surface area contributed by atoms with Crippen molar-refractivity contribution in [2.75, 3.05) is 80.7 Å². The molecule has 3 aromatic carbocycles. The molecule has 0 bridgehead atoms. The van der Waals surface area contributed by atoms with Crippen molar-refractivity contribution in [3.63, 3.8) is 0 Å². The predicted octanol–water partition coefficient (Wildman–Crippen LogP) is 6.72. The number of pyridine rings is 1. The molecule has 348 valence electrons. The van der Waals surface area contributed by atoms with Gasteiger partial charge in [-0.1, -0.05) is 43.2 Å². The summed E-state index contributed by atoms with van der Waals surface area (Å²) in [6, 6.07) is 18.3. The van der Waals surface area contributed by atoms with E-state index in [4.69, 9.17) is 21.1 Å². The van der Waals surface area contributed by atoms with Gasteiger partial charge < -0.3 is 24.7 Å². The zero-order chi connectivity index (χ0) is 46.4. The summed E-state index contributed by atoms with van der Waals surface area (Å²) in [5.41, 5.74) is 5.03. The van der Waals surface area contributed by atoms with E-state index < -0.39 is 47.3 Å². The van der Waals surface area contributed by atoms with Gasteiger partial charge in [-0.25, -0.2) is 26.5 Å². The smallest absolute Gasteiger partial charge is 0.297 e. The topological polar surface area (TPSA) is 209 Å². The number of carbonyl (C=O) groups is 1. The maximum Gasteiger partial charge on any atom is 0.297 e. The van der Waals surface area contributed by atoms with Crippen LogP contribution in [0.5, 0.6) is 17.2 Å². The van der Waals surface area contributed by atoms with Crippen LogP contribution in [0, 0.1) is 15.5 Å². The van der Waals surface area contributed by atoms with Crippen molar-refractivity contribution < 1.29 is 36.0 Å². The minimum Gasteiger partial charge on any atom is -0.489 e. The van der Waals surface area contributed by atoms with E-state index in [2.05, 4.69) is 55.8 Å². The summed E-state index contributed by atoms with van der Waals surface area (Å²) in [6.07, 6.45) is 6.39. The summed E-state index contributed by atoms with van der Waals surface area (Å²) >= 11 is 6.24. The molecular formula is C46H51ClN8O9S2. The van der Waals surface area contributed by atoms with E-state index in [1.807, 2.05) is 23.1 Å². The molecule has 4 aliphatic rings. The number of amides is 1. The third-order valence-electron chi connectivity index (χ3n) is 12.8. The zero-order valence-electron chi connectivity index (χ0n) is 36.6. The van der Waals surface area contributed by atoms with Gasteiger partial charge in [0.15, 0.2) is 21.3 Å². The number of benzene rings is 3. The molecule has 2 aromatic heterocycles. The first-order chi connectivity index (χ1) is 31.5. The van der Waals surface area contributed by atoms with E-state index in [9.17, 15) is 31.7 Å². The number of aromatic amines is 1. The summed E-state index contributed by atoms with van der Waals surface area (Å²) < 4.78 is 65.9. The molecular weight excluding hydrogens is 908 g/mol. The first kappa shape index (κ1) is 45.4. The van der Waals surface area contributed by atoms with Crippen molar-refractivity contribution in [2.24, 2.45) is 5.41 Å². The number of hydrogen-bond donors (Lipinski definition) is 3. The van der Waals surface area contributed by atoms with Gasteiger partial charge in [-0.3, -0.25) is 24.7 Å². The maximum atomic E-state index is 14.1. The Bertz CT molecular complexity index is 2940. The van der Waals surface area contributed by atoms with Crippen molar-refractivity contribution in [1.29, 1.82) is 0 Å². The summed E-state index contributed by atoms with van der Waals surface area (Å²) in [7, 11) is -7.81. The number of aromatic nitrogens is 2. The average Bonchev–Trinajstić information content (AvgIpc) is 3.76. The van der Waals surface area contributed by atoms with Crippen molar-refractivity contribution in [3.8, 4) is 17.2 Å². The Morgan fingerprint density at radius 2 is 1.77 bits per heavy atom. The molecule has 5 heterocycles. The van der Waals surface area contributed by atoms with Crippen molar-refractivity contribution in [1.82, 2.24) is 24.5 Å². The van der Waals surface area contributed by atoms with E-state index >= 15 is 0 Å². The summed E-state index contributed by atoms with van der Waals surface area (Å²) in [5, 5.41) is 16.9. The Morgan fingerprint density at radius 3 is 2.52 bits per heavy atom. The number of nitro groups is 1. The highest BCUT2D eigenvalue weighted by molar-refractivity contribution is 7.91. The summed E-state index contributed by atoms with van der Waals surface area (Å²) in [6.45, 7) is 9.54. The number of nitro benzene ring substituents is 1. The molecule has 0 saturated carbocycles. The van der Waals surface area contributed by atoms with Crippen LogP contribution >= 0.6 is 11.6 Å². The van der Waals surface area contributed by atoms with Crippen LogP contribution in [-0.4, -0.2) is 124 Å². The molecule has 3 N–H and O–H groups in total. The molecule has 0 unspecified atom stereocenters. The van der Waals surface area contributed by atoms with Gasteiger partial charge in [-0.05, 0) is 72.2 Å². The van der Waals surface area contributed by atoms with Crippen LogP contribution in [0.3, 0.4) is 0 Å². The first-order valence-electron chi connectivity index (χ1n) is 21.9. The Labute approximate surface area is 388 Å². The lowest BCUT2D eigenvalue weighted by atomic mass is 9.72. The molecule has 17 nitrogen and oxygen atoms in total. The van der Waals surface area contributed by atoms with Gasteiger partial charge in [0.1, 0.15) is 23.8 Å². The number of carbonyl (C=O) groups excluding carboxylic acids is 1. The minimum atomic E-state index is -4.71. The molecule has 0 spiro atoms. The molecule has 66 heavy (non-hydrogen) atoms. The lowest BCUT2D eigenvalue weighted by Crippen LogP contribution is -2.48. The average molecular weight is 960 g/mol. The van der Waals surface area contributed by atoms with E-state index in [1.54, 1.807) is 24.4 Å². The number of sulfonamides is 1. The van der Waals surface area contributed by atoms with Gasteiger partial charge in [0, 0.05) is 92.9 Å². The summed E-state index contributed by atoms with van der Waals surface area (Å²) in [4.78, 5) is 39.2. The molecule has 1 atom stereocenters. The SMILES string of the molecule is CC1(C)CCC(CN2CCN(c3ccc(C(=O)NS(=O)(=O)c4cc5c(c([N+](=O)[O-])c4)N[C@@H](CN4CCS(=O)(=O)CC4)CO5)c(Oc4cnc5[nH]ccc5c4)c3)CC2)=C(c2ccc(Cl)cc2)C1. The molecule has 5 aromatic rings. The normalized spacial score (nSPS) is 20.0. The van der Waals surface area contributed by atoms with Gasteiger partial charge in [0.05, 0.1) is 39.1 Å². The fourth-order valence-corrected chi connectivity index (χ4v) is 11.5. The molecule has 9 rings (SSSR count). The zero-order valence-corrected chi connectivity index (χ0v) is 39.0. The molecule has 2 fully saturated rings. The molecule has 1 aliphatic carbocycles. The first-order valence-corrected chi connectivity index (χ1v) is 25.6. The van der Waals surface area contributed by atoms with Crippen molar-refractivity contribution in [2.45, 2.75) is 44.0 Å². The van der Waals surface area contributed by atoms with Crippen LogP contribution in [0.2, 0.25) is 5.02 Å². The molecule has 2 saturated heterocycles. The van der Waals surface area contributed by atoms with E-state index in [1.165, 1.54) is 29.0 Å². The lowest BCUT2D eigenvalue weighted by molar-refractivity contribution is -0.384. The predicted molar refractivity (Wildman–Crippen MR) is 253 cm³/mol.